The first kappa shape index (κ1) is 21.9. The zero-order valence-electron chi connectivity index (χ0n) is 18.0. The number of aromatic nitrogens is 4. The second-order valence-corrected chi connectivity index (χ2v) is 10.7. The van der Waals surface area contributed by atoms with Crippen molar-refractivity contribution in [3.63, 3.8) is 0 Å². The van der Waals surface area contributed by atoms with Crippen molar-refractivity contribution in [3.8, 4) is 22.8 Å². The molecule has 10 nitrogen and oxygen atoms in total. The number of amides is 1. The highest BCUT2D eigenvalue weighted by Gasteiger charge is 2.28. The van der Waals surface area contributed by atoms with Crippen LogP contribution in [0.25, 0.3) is 22.8 Å². The van der Waals surface area contributed by atoms with E-state index in [2.05, 4.69) is 27.1 Å². The van der Waals surface area contributed by atoms with E-state index in [0.717, 1.165) is 6.42 Å². The molecule has 168 valence electrons. The Labute approximate surface area is 185 Å². The minimum atomic E-state index is -3.37. The normalized spacial score (nSPS) is 16.6. The summed E-state index contributed by atoms with van der Waals surface area (Å²) in [6.07, 6.45) is 2.41. The van der Waals surface area contributed by atoms with E-state index in [1.165, 1.54) is 18.3 Å². The Hall–Kier alpha value is -3.34. The average Bonchev–Trinajstić information content (AvgIpc) is 3.43. The van der Waals surface area contributed by atoms with Crippen molar-refractivity contribution in [2.75, 3.05) is 18.8 Å². The molecule has 3 aromatic rings. The van der Waals surface area contributed by atoms with Crippen LogP contribution < -0.4 is 5.73 Å². The smallest absolute Gasteiger partial charge is 0.311 e. The quantitative estimate of drug-likeness (QED) is 0.611. The number of hydrogen-bond donors (Lipinski definition) is 1. The van der Waals surface area contributed by atoms with E-state index in [1.807, 2.05) is 0 Å². The van der Waals surface area contributed by atoms with E-state index < -0.39 is 15.1 Å². The largest absolute Gasteiger partial charge is 0.410 e. The second kappa shape index (κ2) is 8.30. The maximum Gasteiger partial charge on any atom is 0.311 e. The first-order valence-corrected chi connectivity index (χ1v) is 11.8. The molecule has 32 heavy (non-hydrogen) atoms. The number of likely N-dealkylation sites (tertiary alicyclic amines) is 1. The van der Waals surface area contributed by atoms with Gasteiger partial charge in [0, 0.05) is 18.7 Å². The maximum absolute atomic E-state index is 12.6. The molecule has 3 heterocycles. The first-order valence-electron chi connectivity index (χ1n) is 10.3. The van der Waals surface area contributed by atoms with Gasteiger partial charge in [0.05, 0.1) is 22.0 Å². The summed E-state index contributed by atoms with van der Waals surface area (Å²) in [4.78, 5) is 23.1. The highest BCUT2D eigenvalue weighted by molar-refractivity contribution is 7.92. The van der Waals surface area contributed by atoms with Crippen molar-refractivity contribution >= 4 is 21.6 Å². The highest BCUT2D eigenvalue weighted by atomic mass is 32.2. The van der Waals surface area contributed by atoms with Gasteiger partial charge in [0.15, 0.2) is 21.3 Å². The summed E-state index contributed by atoms with van der Waals surface area (Å²) in [5.41, 5.74) is 7.21. The first-order chi connectivity index (χ1) is 15.2. The van der Waals surface area contributed by atoms with Gasteiger partial charge in [-0.05, 0) is 38.3 Å². The summed E-state index contributed by atoms with van der Waals surface area (Å²) in [5, 5.41) is 7.28. The predicted molar refractivity (Wildman–Crippen MR) is 117 cm³/mol. The Bertz CT molecular complexity index is 1250. The summed E-state index contributed by atoms with van der Waals surface area (Å²) in [6.45, 7) is 6.65. The van der Waals surface area contributed by atoms with E-state index >= 15 is 0 Å². The van der Waals surface area contributed by atoms with Gasteiger partial charge >= 0.3 is 11.8 Å². The van der Waals surface area contributed by atoms with E-state index in [4.69, 9.17) is 10.2 Å². The zero-order chi connectivity index (χ0) is 23.0. The fourth-order valence-electron chi connectivity index (χ4n) is 3.44. The van der Waals surface area contributed by atoms with Gasteiger partial charge in [-0.25, -0.2) is 18.4 Å². The molecule has 0 bridgehead atoms. The summed E-state index contributed by atoms with van der Waals surface area (Å²) >= 11 is 0. The lowest BCUT2D eigenvalue weighted by molar-refractivity contribution is 0.0749. The van der Waals surface area contributed by atoms with E-state index in [-0.39, 0.29) is 34.1 Å². The van der Waals surface area contributed by atoms with Gasteiger partial charge in [-0.3, -0.25) is 4.79 Å². The molecule has 4 rings (SSSR count). The number of nitrogens with zero attached hydrogens (tertiary/aromatic N) is 5. The number of carbonyl (C=O) groups is 1. The third kappa shape index (κ3) is 4.07. The highest BCUT2D eigenvalue weighted by Crippen LogP contribution is 2.27. The molecular formula is C21H24N6O4S. The minimum Gasteiger partial charge on any atom is -0.410 e. The lowest BCUT2D eigenvalue weighted by Gasteiger charge is -2.12. The van der Waals surface area contributed by atoms with Gasteiger partial charge in [-0.1, -0.05) is 19.1 Å². The van der Waals surface area contributed by atoms with Crippen molar-refractivity contribution in [2.45, 2.75) is 37.3 Å². The van der Waals surface area contributed by atoms with Crippen LogP contribution in [0.1, 0.15) is 37.9 Å². The van der Waals surface area contributed by atoms with Gasteiger partial charge in [0.1, 0.15) is 0 Å². The van der Waals surface area contributed by atoms with Crippen LogP contribution in [-0.2, 0) is 9.84 Å². The van der Waals surface area contributed by atoms with E-state index in [9.17, 15) is 13.2 Å². The third-order valence-electron chi connectivity index (χ3n) is 5.42. The SMILES string of the molecule is CC1CCN(C(=O)c2nnc(-c3nc(-c4ccc(S(=O)(=O)C(C)C)cc4)cnc3N)o2)C1. The molecule has 1 aromatic carbocycles. The fraction of sp³-hybridized carbons (Fsp3) is 0.381. The molecule has 1 atom stereocenters. The van der Waals surface area contributed by atoms with Crippen LogP contribution >= 0.6 is 0 Å². The van der Waals surface area contributed by atoms with Gasteiger partial charge < -0.3 is 15.1 Å². The van der Waals surface area contributed by atoms with Crippen molar-refractivity contribution in [2.24, 2.45) is 5.92 Å². The number of nitrogens with two attached hydrogens (primary N) is 1. The number of sulfone groups is 1. The standard InChI is InChI=1S/C21H24N6O4S/c1-12(2)32(29,30)15-6-4-14(5-7-15)16-10-23-18(22)17(24-16)19-25-26-20(31-19)21(28)27-9-8-13(3)11-27/h4-7,10,12-13H,8-9,11H2,1-3H3,(H2,22,23). The van der Waals surface area contributed by atoms with Gasteiger partial charge in [-0.15, -0.1) is 10.2 Å². The van der Waals surface area contributed by atoms with Crippen molar-refractivity contribution in [1.29, 1.82) is 0 Å². The fourth-order valence-corrected chi connectivity index (χ4v) is 4.50. The van der Waals surface area contributed by atoms with Crippen LogP contribution in [0, 0.1) is 5.92 Å². The van der Waals surface area contributed by atoms with Crippen molar-refractivity contribution in [1.82, 2.24) is 25.1 Å². The monoisotopic (exact) mass is 456 g/mol. The molecule has 1 aliphatic rings. The summed E-state index contributed by atoms with van der Waals surface area (Å²) in [7, 11) is -3.37. The predicted octanol–water partition coefficient (Wildman–Crippen LogP) is 2.44. The Morgan fingerprint density at radius 2 is 1.94 bits per heavy atom. The Morgan fingerprint density at radius 1 is 1.22 bits per heavy atom. The zero-order valence-corrected chi connectivity index (χ0v) is 18.8. The molecular weight excluding hydrogens is 432 g/mol. The summed E-state index contributed by atoms with van der Waals surface area (Å²) in [5.74, 6) is 0.0554. The molecule has 0 saturated carbocycles. The number of rotatable bonds is 5. The number of nitrogen functional groups attached to an aromatic ring is 1. The summed E-state index contributed by atoms with van der Waals surface area (Å²) < 4.78 is 30.2. The van der Waals surface area contributed by atoms with Crippen LogP contribution in [0.4, 0.5) is 5.82 Å². The maximum atomic E-state index is 12.6. The van der Waals surface area contributed by atoms with Crippen LogP contribution in [0.5, 0.6) is 0 Å². The molecule has 2 aromatic heterocycles. The number of carbonyl (C=O) groups excluding carboxylic acids is 1. The number of anilines is 1. The van der Waals surface area contributed by atoms with Crippen molar-refractivity contribution < 1.29 is 17.6 Å². The van der Waals surface area contributed by atoms with Gasteiger partial charge in [0.2, 0.25) is 0 Å². The molecule has 1 aliphatic heterocycles. The molecule has 1 fully saturated rings. The van der Waals surface area contributed by atoms with Crippen molar-refractivity contribution in [3.05, 3.63) is 36.4 Å². The number of benzene rings is 1. The molecule has 0 radical (unpaired) electrons. The Balaban J connectivity index is 1.61. The molecule has 0 aliphatic carbocycles. The van der Waals surface area contributed by atoms with E-state index in [0.29, 0.717) is 30.3 Å². The lowest BCUT2D eigenvalue weighted by Crippen LogP contribution is -2.28. The lowest BCUT2D eigenvalue weighted by atomic mass is 10.1. The molecule has 0 spiro atoms. The Kier molecular flexibility index (Phi) is 5.68. The third-order valence-corrected chi connectivity index (χ3v) is 7.59. The van der Waals surface area contributed by atoms with Gasteiger partial charge in [-0.2, -0.15) is 0 Å². The van der Waals surface area contributed by atoms with Crippen LogP contribution in [-0.4, -0.2) is 57.7 Å². The molecule has 2 N–H and O–H groups in total. The minimum absolute atomic E-state index is 0.00792. The van der Waals surface area contributed by atoms with Crippen LogP contribution in [0.2, 0.25) is 0 Å². The Morgan fingerprint density at radius 3 is 2.56 bits per heavy atom. The molecule has 11 heteroatoms. The molecule has 1 unspecified atom stereocenters. The molecule has 1 saturated heterocycles. The second-order valence-electron chi connectivity index (χ2n) is 8.16. The van der Waals surface area contributed by atoms with E-state index in [1.54, 1.807) is 30.9 Å². The van der Waals surface area contributed by atoms with Crippen LogP contribution in [0.15, 0.2) is 39.8 Å². The van der Waals surface area contributed by atoms with Crippen LogP contribution in [0.3, 0.4) is 0 Å². The average molecular weight is 457 g/mol. The summed E-state index contributed by atoms with van der Waals surface area (Å²) in [6, 6.07) is 6.36. The topological polar surface area (TPSA) is 145 Å². The number of hydrogen-bond acceptors (Lipinski definition) is 9. The molecule has 1 amide bonds. The van der Waals surface area contributed by atoms with Gasteiger partial charge in [0.25, 0.3) is 5.89 Å².